The quantitative estimate of drug-likeness (QED) is 0.762. The zero-order valence-corrected chi connectivity index (χ0v) is 9.44. The summed E-state index contributed by atoms with van der Waals surface area (Å²) < 4.78 is 29.0. The highest BCUT2D eigenvalue weighted by Crippen LogP contribution is 2.43. The van der Waals surface area contributed by atoms with Crippen LogP contribution < -0.4 is 0 Å². The number of aromatic nitrogens is 2. The Kier molecular flexibility index (Phi) is 2.37. The number of fused-ring (bicyclic) bond motifs is 1. The predicted molar refractivity (Wildman–Crippen MR) is 52.4 cm³/mol. The minimum absolute atomic E-state index is 0.0615. The molecule has 0 atom stereocenters. The molecule has 14 heavy (non-hydrogen) atoms. The molecule has 1 aromatic heterocycles. The van der Waals surface area contributed by atoms with Gasteiger partial charge in [0.15, 0.2) is 0 Å². The molecule has 0 fully saturated rings. The van der Waals surface area contributed by atoms with Crippen molar-refractivity contribution in [2.75, 3.05) is 0 Å². The average Bonchev–Trinajstić information content (AvgIpc) is 2.43. The zero-order chi connectivity index (χ0) is 10.3. The highest BCUT2D eigenvalue weighted by Gasteiger charge is 2.41. The Balaban J connectivity index is 2.58. The van der Waals surface area contributed by atoms with Gasteiger partial charge in [-0.05, 0) is 35.7 Å². The van der Waals surface area contributed by atoms with Crippen LogP contribution in [-0.2, 0) is 18.9 Å². The van der Waals surface area contributed by atoms with Crippen molar-refractivity contribution in [3.8, 4) is 0 Å². The molecule has 1 heterocycles. The molecule has 5 heteroatoms. The highest BCUT2D eigenvalue weighted by molar-refractivity contribution is 9.10. The third kappa shape index (κ3) is 1.38. The molecule has 0 saturated carbocycles. The Labute approximate surface area is 89.4 Å². The molecule has 0 N–H and O–H groups in total. The van der Waals surface area contributed by atoms with Gasteiger partial charge in [-0.1, -0.05) is 0 Å². The smallest absolute Gasteiger partial charge is 0.268 e. The van der Waals surface area contributed by atoms with Gasteiger partial charge >= 0.3 is 0 Å². The maximum Gasteiger partial charge on any atom is 0.277 e. The van der Waals surface area contributed by atoms with Crippen LogP contribution in [0.1, 0.15) is 31.0 Å². The van der Waals surface area contributed by atoms with Crippen molar-refractivity contribution in [2.45, 2.75) is 38.7 Å². The molecule has 2 nitrogen and oxygen atoms in total. The molecule has 1 aliphatic carbocycles. The number of hydrogen-bond donors (Lipinski definition) is 0. The first kappa shape index (κ1) is 10.1. The molecular formula is C9H11BrF2N2. The summed E-state index contributed by atoms with van der Waals surface area (Å²) in [5.74, 6) is -2.71. The summed E-state index contributed by atoms with van der Waals surface area (Å²) in [6.45, 7) is 2.55. The van der Waals surface area contributed by atoms with Gasteiger partial charge in [0, 0.05) is 18.7 Å². The predicted octanol–water partition coefficient (Wildman–Crippen LogP) is 3.09. The van der Waals surface area contributed by atoms with Crippen LogP contribution >= 0.6 is 15.9 Å². The fourth-order valence-corrected chi connectivity index (χ4v) is 2.66. The minimum atomic E-state index is -2.71. The van der Waals surface area contributed by atoms with Crippen molar-refractivity contribution in [2.24, 2.45) is 0 Å². The van der Waals surface area contributed by atoms with E-state index in [0.29, 0.717) is 29.7 Å². The number of halogens is 3. The second-order valence-electron chi connectivity index (χ2n) is 3.49. The molecule has 1 aliphatic rings. The first-order valence-corrected chi connectivity index (χ1v) is 5.49. The summed E-state index contributed by atoms with van der Waals surface area (Å²) in [6, 6.07) is 0. The summed E-state index contributed by atoms with van der Waals surface area (Å²) in [4.78, 5) is 0. The number of aryl methyl sites for hydroxylation is 1. The molecule has 1 aromatic rings. The van der Waals surface area contributed by atoms with E-state index >= 15 is 0 Å². The Morgan fingerprint density at radius 1 is 1.57 bits per heavy atom. The fraction of sp³-hybridized carbons (Fsp3) is 0.667. The van der Waals surface area contributed by atoms with E-state index in [9.17, 15) is 8.78 Å². The lowest BCUT2D eigenvalue weighted by Gasteiger charge is -2.22. The van der Waals surface area contributed by atoms with Crippen LogP contribution in [0.5, 0.6) is 0 Å². The maximum absolute atomic E-state index is 13.5. The Morgan fingerprint density at radius 2 is 2.29 bits per heavy atom. The van der Waals surface area contributed by atoms with Gasteiger partial charge in [-0.25, -0.2) is 8.78 Å². The first-order valence-electron chi connectivity index (χ1n) is 4.69. The molecule has 0 amide bonds. The zero-order valence-electron chi connectivity index (χ0n) is 7.86. The van der Waals surface area contributed by atoms with E-state index in [1.165, 1.54) is 0 Å². The van der Waals surface area contributed by atoms with Crippen molar-refractivity contribution >= 4 is 15.9 Å². The van der Waals surface area contributed by atoms with Crippen LogP contribution in [0, 0.1) is 0 Å². The summed E-state index contributed by atoms with van der Waals surface area (Å²) >= 11 is 3.11. The first-order chi connectivity index (χ1) is 6.56. The standard InChI is InChI=1S/C9H11BrF2N2/c1-2-14-6-4-3-5-9(11,12)7(6)8(10)13-14/h2-5H2,1H3. The fourth-order valence-electron chi connectivity index (χ4n) is 1.94. The Bertz CT molecular complexity index is 360. The van der Waals surface area contributed by atoms with E-state index in [1.807, 2.05) is 6.92 Å². The highest BCUT2D eigenvalue weighted by atomic mass is 79.9. The van der Waals surface area contributed by atoms with Crippen molar-refractivity contribution in [1.82, 2.24) is 9.78 Å². The SMILES string of the molecule is CCn1nc(Br)c2c1CCCC2(F)F. The largest absolute Gasteiger partial charge is 0.277 e. The lowest BCUT2D eigenvalue weighted by molar-refractivity contribution is -0.0228. The molecule has 0 spiro atoms. The van der Waals surface area contributed by atoms with Crippen LogP contribution in [-0.4, -0.2) is 9.78 Å². The second kappa shape index (κ2) is 3.29. The topological polar surface area (TPSA) is 17.8 Å². The Morgan fingerprint density at radius 3 is 2.93 bits per heavy atom. The van der Waals surface area contributed by atoms with E-state index in [0.717, 1.165) is 0 Å². The summed E-state index contributed by atoms with van der Waals surface area (Å²) in [5, 5.41) is 4.06. The summed E-state index contributed by atoms with van der Waals surface area (Å²) in [6.07, 6.45) is 1.18. The third-order valence-electron chi connectivity index (χ3n) is 2.58. The van der Waals surface area contributed by atoms with Crippen molar-refractivity contribution < 1.29 is 8.78 Å². The van der Waals surface area contributed by atoms with Crippen LogP contribution in [0.15, 0.2) is 4.60 Å². The molecule has 0 aromatic carbocycles. The molecule has 0 bridgehead atoms. The van der Waals surface area contributed by atoms with Gasteiger partial charge in [-0.15, -0.1) is 0 Å². The van der Waals surface area contributed by atoms with E-state index in [1.54, 1.807) is 4.68 Å². The maximum atomic E-state index is 13.5. The van der Waals surface area contributed by atoms with Gasteiger partial charge in [-0.2, -0.15) is 5.10 Å². The molecule has 0 aliphatic heterocycles. The van der Waals surface area contributed by atoms with Crippen molar-refractivity contribution in [3.63, 3.8) is 0 Å². The number of rotatable bonds is 1. The van der Waals surface area contributed by atoms with Crippen molar-refractivity contribution in [1.29, 1.82) is 0 Å². The average molecular weight is 265 g/mol. The normalized spacial score (nSPS) is 19.4. The molecular weight excluding hydrogens is 254 g/mol. The molecule has 78 valence electrons. The van der Waals surface area contributed by atoms with E-state index in [4.69, 9.17) is 0 Å². The van der Waals surface area contributed by atoms with Gasteiger partial charge in [-0.3, -0.25) is 4.68 Å². The number of alkyl halides is 2. The van der Waals surface area contributed by atoms with Gasteiger partial charge in [0.1, 0.15) is 4.60 Å². The van der Waals surface area contributed by atoms with Gasteiger partial charge < -0.3 is 0 Å². The second-order valence-corrected chi connectivity index (χ2v) is 4.24. The van der Waals surface area contributed by atoms with Gasteiger partial charge in [0.25, 0.3) is 5.92 Å². The van der Waals surface area contributed by atoms with Gasteiger partial charge in [0.05, 0.1) is 5.56 Å². The lowest BCUT2D eigenvalue weighted by atomic mass is 9.94. The summed E-state index contributed by atoms with van der Waals surface area (Å²) in [7, 11) is 0. The van der Waals surface area contributed by atoms with Crippen LogP contribution in [0.25, 0.3) is 0 Å². The van der Waals surface area contributed by atoms with Crippen molar-refractivity contribution in [3.05, 3.63) is 15.9 Å². The number of hydrogen-bond acceptors (Lipinski definition) is 1. The van der Waals surface area contributed by atoms with Crippen LogP contribution in [0.4, 0.5) is 8.78 Å². The summed E-state index contributed by atoms with van der Waals surface area (Å²) in [5.41, 5.74) is 0.793. The monoisotopic (exact) mass is 264 g/mol. The molecule has 2 rings (SSSR count). The van der Waals surface area contributed by atoms with E-state index in [-0.39, 0.29) is 12.0 Å². The van der Waals surface area contributed by atoms with Gasteiger partial charge in [0.2, 0.25) is 0 Å². The number of nitrogens with zero attached hydrogens (tertiary/aromatic N) is 2. The molecule has 0 radical (unpaired) electrons. The minimum Gasteiger partial charge on any atom is -0.268 e. The lowest BCUT2D eigenvalue weighted by Crippen LogP contribution is -2.21. The Hall–Kier alpha value is -0.450. The van der Waals surface area contributed by atoms with E-state index < -0.39 is 5.92 Å². The van der Waals surface area contributed by atoms with E-state index in [2.05, 4.69) is 21.0 Å². The van der Waals surface area contributed by atoms with Crippen LogP contribution in [0.3, 0.4) is 0 Å². The van der Waals surface area contributed by atoms with Crippen LogP contribution in [0.2, 0.25) is 0 Å². The third-order valence-corrected chi connectivity index (χ3v) is 3.14. The molecule has 0 unspecified atom stereocenters. The molecule has 0 saturated heterocycles.